The Morgan fingerprint density at radius 1 is 1.45 bits per heavy atom. The number of hydrogen-bond donors (Lipinski definition) is 2. The third-order valence-corrected chi connectivity index (χ3v) is 1.80. The summed E-state index contributed by atoms with van der Waals surface area (Å²) >= 11 is 0. The van der Waals surface area contributed by atoms with E-state index in [2.05, 4.69) is 5.32 Å². The molecule has 0 bridgehead atoms. The molecule has 1 aliphatic heterocycles. The van der Waals surface area contributed by atoms with E-state index in [9.17, 15) is 4.79 Å². The van der Waals surface area contributed by atoms with E-state index in [4.69, 9.17) is 5.11 Å². The summed E-state index contributed by atoms with van der Waals surface area (Å²) in [5.74, 6) is -0.818. The van der Waals surface area contributed by atoms with Gasteiger partial charge < -0.3 is 10.4 Å². The molecule has 0 aromatic heterocycles. The van der Waals surface area contributed by atoms with Crippen LogP contribution in [0.4, 0.5) is 0 Å². The zero-order valence-electron chi connectivity index (χ0n) is 6.47. The zero-order valence-corrected chi connectivity index (χ0v) is 6.47. The van der Waals surface area contributed by atoms with Gasteiger partial charge in [0.05, 0.1) is 0 Å². The van der Waals surface area contributed by atoms with E-state index in [1.54, 1.807) is 0 Å². The summed E-state index contributed by atoms with van der Waals surface area (Å²) in [5, 5.41) is 11.7. The van der Waals surface area contributed by atoms with Crippen LogP contribution in [0.3, 0.4) is 0 Å². The number of carboxylic acid groups (broad SMARTS) is 1. The molecule has 3 heteroatoms. The summed E-state index contributed by atoms with van der Waals surface area (Å²) in [6.07, 6.45) is 4.21. The van der Waals surface area contributed by atoms with Crippen LogP contribution in [0, 0.1) is 0 Å². The molecule has 2 N–H and O–H groups in total. The maximum atomic E-state index is 10.3. The second-order valence-corrected chi connectivity index (χ2v) is 2.74. The van der Waals surface area contributed by atoms with Crippen molar-refractivity contribution in [3.63, 3.8) is 0 Å². The van der Waals surface area contributed by atoms with Crippen LogP contribution in [0.25, 0.3) is 0 Å². The molecule has 0 aliphatic carbocycles. The van der Waals surface area contributed by atoms with Crippen LogP contribution in [0.15, 0.2) is 11.6 Å². The SMILES string of the molecule is O=C(O)/C=C1/CCCNCC1. The van der Waals surface area contributed by atoms with E-state index in [0.717, 1.165) is 37.9 Å². The predicted octanol–water partition coefficient (Wildman–Crippen LogP) is 0.771. The van der Waals surface area contributed by atoms with Gasteiger partial charge in [-0.3, -0.25) is 0 Å². The van der Waals surface area contributed by atoms with E-state index in [1.165, 1.54) is 6.08 Å². The summed E-state index contributed by atoms with van der Waals surface area (Å²) in [5.41, 5.74) is 1.06. The highest BCUT2D eigenvalue weighted by molar-refractivity contribution is 5.80. The third-order valence-electron chi connectivity index (χ3n) is 1.80. The zero-order chi connectivity index (χ0) is 8.10. The van der Waals surface area contributed by atoms with Crippen molar-refractivity contribution < 1.29 is 9.90 Å². The summed E-state index contributed by atoms with van der Waals surface area (Å²) in [6.45, 7) is 1.93. The van der Waals surface area contributed by atoms with E-state index in [0.29, 0.717) is 0 Å². The van der Waals surface area contributed by atoms with E-state index < -0.39 is 5.97 Å². The van der Waals surface area contributed by atoms with Gasteiger partial charge in [0.2, 0.25) is 0 Å². The first-order chi connectivity index (χ1) is 5.29. The highest BCUT2D eigenvalue weighted by Crippen LogP contribution is 2.11. The lowest BCUT2D eigenvalue weighted by molar-refractivity contribution is -0.131. The Labute approximate surface area is 66.1 Å². The topological polar surface area (TPSA) is 49.3 Å². The average molecular weight is 155 g/mol. The van der Waals surface area contributed by atoms with Gasteiger partial charge >= 0.3 is 5.97 Å². The van der Waals surface area contributed by atoms with Crippen molar-refractivity contribution in [1.29, 1.82) is 0 Å². The van der Waals surface area contributed by atoms with Gasteiger partial charge in [-0.1, -0.05) is 5.57 Å². The molecule has 0 unspecified atom stereocenters. The lowest BCUT2D eigenvalue weighted by Gasteiger charge is -1.97. The number of nitrogens with one attached hydrogen (secondary N) is 1. The first kappa shape index (κ1) is 8.27. The Hall–Kier alpha value is -0.830. The summed E-state index contributed by atoms with van der Waals surface area (Å²) in [7, 11) is 0. The van der Waals surface area contributed by atoms with E-state index >= 15 is 0 Å². The summed E-state index contributed by atoms with van der Waals surface area (Å²) in [6, 6.07) is 0. The molecule has 11 heavy (non-hydrogen) atoms. The fourth-order valence-electron chi connectivity index (χ4n) is 1.26. The lowest BCUT2D eigenvalue weighted by atomic mass is 10.1. The molecule has 1 saturated heterocycles. The molecular formula is C8H13NO2. The van der Waals surface area contributed by atoms with Crippen LogP contribution >= 0.6 is 0 Å². The van der Waals surface area contributed by atoms with Gasteiger partial charge in [0.25, 0.3) is 0 Å². The molecule has 0 saturated carbocycles. The van der Waals surface area contributed by atoms with Crippen molar-refractivity contribution in [3.8, 4) is 0 Å². The Morgan fingerprint density at radius 3 is 3.00 bits per heavy atom. The molecule has 1 heterocycles. The van der Waals surface area contributed by atoms with Gasteiger partial charge in [-0.25, -0.2) is 4.79 Å². The minimum absolute atomic E-state index is 0.818. The van der Waals surface area contributed by atoms with Crippen molar-refractivity contribution in [2.75, 3.05) is 13.1 Å². The van der Waals surface area contributed by atoms with Gasteiger partial charge in [0.1, 0.15) is 0 Å². The second kappa shape index (κ2) is 4.13. The lowest BCUT2D eigenvalue weighted by Crippen LogP contribution is -2.13. The van der Waals surface area contributed by atoms with Gasteiger partial charge in [0.15, 0.2) is 0 Å². The van der Waals surface area contributed by atoms with Gasteiger partial charge in [-0.2, -0.15) is 0 Å². The number of carbonyl (C=O) groups is 1. The molecule has 1 rings (SSSR count). The average Bonchev–Trinajstić information content (AvgIpc) is 2.14. The molecule has 0 atom stereocenters. The maximum Gasteiger partial charge on any atom is 0.328 e. The van der Waals surface area contributed by atoms with Crippen LogP contribution < -0.4 is 5.32 Å². The summed E-state index contributed by atoms with van der Waals surface area (Å²) < 4.78 is 0. The van der Waals surface area contributed by atoms with Gasteiger partial charge in [0, 0.05) is 6.08 Å². The molecule has 0 aromatic rings. The smallest absolute Gasteiger partial charge is 0.328 e. The van der Waals surface area contributed by atoms with Crippen LogP contribution in [0.1, 0.15) is 19.3 Å². The highest BCUT2D eigenvalue weighted by Gasteiger charge is 2.04. The van der Waals surface area contributed by atoms with Crippen molar-refractivity contribution >= 4 is 5.97 Å². The largest absolute Gasteiger partial charge is 0.478 e. The Morgan fingerprint density at radius 2 is 2.27 bits per heavy atom. The molecule has 1 aliphatic rings. The Kier molecular flexibility index (Phi) is 3.11. The molecule has 3 nitrogen and oxygen atoms in total. The molecule has 62 valence electrons. The highest BCUT2D eigenvalue weighted by atomic mass is 16.4. The Balaban J connectivity index is 2.48. The van der Waals surface area contributed by atoms with Crippen molar-refractivity contribution in [3.05, 3.63) is 11.6 Å². The normalized spacial score (nSPS) is 23.1. The standard InChI is InChI=1S/C8H13NO2/c10-8(11)6-7-2-1-4-9-5-3-7/h6,9H,1-5H2,(H,10,11)/b7-6-. The Bertz CT molecular complexity index is 165. The molecule has 0 aromatic carbocycles. The van der Waals surface area contributed by atoms with Gasteiger partial charge in [-0.05, 0) is 32.4 Å². The van der Waals surface area contributed by atoms with Crippen LogP contribution in [0.5, 0.6) is 0 Å². The first-order valence-electron chi connectivity index (χ1n) is 3.92. The number of aliphatic carboxylic acids is 1. The molecule has 0 amide bonds. The minimum Gasteiger partial charge on any atom is -0.478 e. The van der Waals surface area contributed by atoms with E-state index in [1.807, 2.05) is 0 Å². The molecular weight excluding hydrogens is 142 g/mol. The van der Waals surface area contributed by atoms with Crippen molar-refractivity contribution in [1.82, 2.24) is 5.32 Å². The molecule has 0 radical (unpaired) electrons. The number of carboxylic acids is 1. The third kappa shape index (κ3) is 3.18. The van der Waals surface area contributed by atoms with Crippen molar-refractivity contribution in [2.45, 2.75) is 19.3 Å². The first-order valence-corrected chi connectivity index (χ1v) is 3.92. The predicted molar refractivity (Wildman–Crippen MR) is 42.4 cm³/mol. The monoisotopic (exact) mass is 155 g/mol. The minimum atomic E-state index is -0.818. The molecule has 0 spiro atoms. The second-order valence-electron chi connectivity index (χ2n) is 2.74. The fraction of sp³-hybridized carbons (Fsp3) is 0.625. The van der Waals surface area contributed by atoms with Crippen LogP contribution in [-0.4, -0.2) is 24.2 Å². The fourth-order valence-corrected chi connectivity index (χ4v) is 1.26. The van der Waals surface area contributed by atoms with Crippen LogP contribution in [-0.2, 0) is 4.79 Å². The van der Waals surface area contributed by atoms with Crippen LogP contribution in [0.2, 0.25) is 0 Å². The van der Waals surface area contributed by atoms with Gasteiger partial charge in [-0.15, -0.1) is 0 Å². The summed E-state index contributed by atoms with van der Waals surface area (Å²) in [4.78, 5) is 10.3. The number of rotatable bonds is 1. The van der Waals surface area contributed by atoms with E-state index in [-0.39, 0.29) is 0 Å². The van der Waals surface area contributed by atoms with Crippen molar-refractivity contribution in [2.24, 2.45) is 0 Å². The maximum absolute atomic E-state index is 10.3. The number of hydrogen-bond acceptors (Lipinski definition) is 2. The quantitative estimate of drug-likeness (QED) is 0.550. The molecule has 1 fully saturated rings.